The van der Waals surface area contributed by atoms with Crippen molar-refractivity contribution >= 4 is 11.8 Å². The smallest absolute Gasteiger partial charge is 0.0187 e. The molecule has 0 aliphatic carbocycles. The van der Waals surface area contributed by atoms with E-state index in [2.05, 4.69) is 48.3 Å². The predicted molar refractivity (Wildman–Crippen MR) is 63.7 cm³/mol. The van der Waals surface area contributed by atoms with Crippen LogP contribution >= 0.6 is 11.8 Å². The van der Waals surface area contributed by atoms with Crippen LogP contribution in [0.1, 0.15) is 17.5 Å². The van der Waals surface area contributed by atoms with Crippen LogP contribution in [0.25, 0.3) is 0 Å². The van der Waals surface area contributed by atoms with E-state index >= 15 is 0 Å². The van der Waals surface area contributed by atoms with Crippen LogP contribution < -0.4 is 5.32 Å². The Morgan fingerprint density at radius 2 is 2.14 bits per heavy atom. The van der Waals surface area contributed by atoms with Gasteiger partial charge in [-0.3, -0.25) is 0 Å². The fourth-order valence-electron chi connectivity index (χ4n) is 1.67. The Kier molecular flexibility index (Phi) is 3.49. The minimum atomic E-state index is 0.830. The maximum absolute atomic E-state index is 3.40. The molecule has 14 heavy (non-hydrogen) atoms. The highest BCUT2D eigenvalue weighted by Gasteiger charge is 2.14. The summed E-state index contributed by atoms with van der Waals surface area (Å²) < 4.78 is 0. The molecule has 1 atom stereocenters. The molecule has 76 valence electrons. The third kappa shape index (κ3) is 2.76. The highest BCUT2D eigenvalue weighted by molar-refractivity contribution is 7.99. The second-order valence-electron chi connectivity index (χ2n) is 3.91. The van der Waals surface area contributed by atoms with E-state index in [0.717, 1.165) is 11.0 Å². The van der Waals surface area contributed by atoms with E-state index in [-0.39, 0.29) is 0 Å². The van der Waals surface area contributed by atoms with Crippen LogP contribution in [0.4, 0.5) is 0 Å². The lowest BCUT2D eigenvalue weighted by Gasteiger charge is -2.07. The normalized spacial score (nSPS) is 21.4. The third-order valence-electron chi connectivity index (χ3n) is 2.62. The van der Waals surface area contributed by atoms with Gasteiger partial charge in [0.25, 0.3) is 0 Å². The average molecular weight is 207 g/mol. The molecule has 1 nitrogen and oxygen atoms in total. The second kappa shape index (κ2) is 4.85. The van der Waals surface area contributed by atoms with Crippen LogP contribution in [0.3, 0.4) is 0 Å². The lowest BCUT2D eigenvalue weighted by molar-refractivity contribution is 0.858. The first-order chi connectivity index (χ1) is 6.84. The molecule has 1 aromatic carbocycles. The van der Waals surface area contributed by atoms with Gasteiger partial charge in [0.05, 0.1) is 0 Å². The maximum atomic E-state index is 3.40. The Morgan fingerprint density at radius 3 is 2.79 bits per heavy atom. The van der Waals surface area contributed by atoms with Crippen molar-refractivity contribution in [1.29, 1.82) is 0 Å². The first kappa shape index (κ1) is 10.1. The summed E-state index contributed by atoms with van der Waals surface area (Å²) >= 11 is 2.08. The molecule has 1 aliphatic heterocycles. The van der Waals surface area contributed by atoms with Gasteiger partial charge in [-0.25, -0.2) is 0 Å². The van der Waals surface area contributed by atoms with Gasteiger partial charge in [-0.1, -0.05) is 29.8 Å². The molecule has 1 unspecified atom stereocenters. The molecular weight excluding hydrogens is 190 g/mol. The molecule has 0 bridgehead atoms. The maximum Gasteiger partial charge on any atom is 0.0187 e. The van der Waals surface area contributed by atoms with Crippen LogP contribution in [-0.4, -0.2) is 18.3 Å². The fourth-order valence-corrected chi connectivity index (χ4v) is 2.81. The summed E-state index contributed by atoms with van der Waals surface area (Å²) in [7, 11) is 0. The minimum Gasteiger partial charge on any atom is -0.316 e. The molecule has 0 spiro atoms. The summed E-state index contributed by atoms with van der Waals surface area (Å²) in [4.78, 5) is 0. The lowest BCUT2D eigenvalue weighted by Crippen LogP contribution is -2.10. The lowest BCUT2D eigenvalue weighted by atomic mass is 10.2. The largest absolute Gasteiger partial charge is 0.316 e. The van der Waals surface area contributed by atoms with Crippen molar-refractivity contribution in [2.24, 2.45) is 0 Å². The monoisotopic (exact) mass is 207 g/mol. The Labute approximate surface area is 90.3 Å². The summed E-state index contributed by atoms with van der Waals surface area (Å²) in [6.45, 7) is 4.53. The van der Waals surface area contributed by atoms with Crippen molar-refractivity contribution in [3.05, 3.63) is 35.4 Å². The Morgan fingerprint density at radius 1 is 1.36 bits per heavy atom. The molecule has 2 heteroatoms. The van der Waals surface area contributed by atoms with Crippen molar-refractivity contribution in [3.63, 3.8) is 0 Å². The zero-order valence-electron chi connectivity index (χ0n) is 8.62. The van der Waals surface area contributed by atoms with Crippen LogP contribution in [0.5, 0.6) is 0 Å². The zero-order valence-corrected chi connectivity index (χ0v) is 9.44. The van der Waals surface area contributed by atoms with Gasteiger partial charge in [0.2, 0.25) is 0 Å². The first-order valence-corrected chi connectivity index (χ1v) is 6.27. The molecule has 0 saturated carbocycles. The van der Waals surface area contributed by atoms with E-state index in [1.54, 1.807) is 0 Å². The van der Waals surface area contributed by atoms with E-state index in [4.69, 9.17) is 0 Å². The van der Waals surface area contributed by atoms with Crippen LogP contribution in [0.15, 0.2) is 24.3 Å². The standard InChI is InChI=1S/C12H17NS/c1-10-2-4-11(5-3-10)9-14-12-6-7-13-8-12/h2-5,12-13H,6-9H2,1H3. The molecule has 0 aromatic heterocycles. The van der Waals surface area contributed by atoms with Crippen LogP contribution in [0, 0.1) is 6.92 Å². The highest BCUT2D eigenvalue weighted by atomic mass is 32.2. The molecule has 1 aliphatic rings. The van der Waals surface area contributed by atoms with Crippen molar-refractivity contribution in [2.75, 3.05) is 13.1 Å². The minimum absolute atomic E-state index is 0.830. The Hall–Kier alpha value is -0.470. The number of benzene rings is 1. The van der Waals surface area contributed by atoms with Gasteiger partial charge < -0.3 is 5.32 Å². The van der Waals surface area contributed by atoms with Crippen LogP contribution in [0.2, 0.25) is 0 Å². The molecule has 1 saturated heterocycles. The number of aryl methyl sites for hydroxylation is 1. The van der Waals surface area contributed by atoms with Gasteiger partial charge in [-0.05, 0) is 25.5 Å². The number of rotatable bonds is 3. The quantitative estimate of drug-likeness (QED) is 0.817. The summed E-state index contributed by atoms with van der Waals surface area (Å²) in [5.41, 5.74) is 2.80. The number of nitrogens with one attached hydrogen (secondary N) is 1. The fraction of sp³-hybridized carbons (Fsp3) is 0.500. The molecule has 1 N–H and O–H groups in total. The van der Waals surface area contributed by atoms with E-state index in [1.165, 1.54) is 30.6 Å². The van der Waals surface area contributed by atoms with Gasteiger partial charge >= 0.3 is 0 Å². The zero-order chi connectivity index (χ0) is 9.80. The number of hydrogen-bond donors (Lipinski definition) is 1. The van der Waals surface area contributed by atoms with E-state index in [0.29, 0.717) is 0 Å². The number of hydrogen-bond acceptors (Lipinski definition) is 2. The molecule has 0 amide bonds. The highest BCUT2D eigenvalue weighted by Crippen LogP contribution is 2.22. The summed E-state index contributed by atoms with van der Waals surface area (Å²) in [6, 6.07) is 8.88. The molecule has 1 heterocycles. The van der Waals surface area contributed by atoms with Crippen molar-refractivity contribution in [2.45, 2.75) is 24.3 Å². The van der Waals surface area contributed by atoms with E-state index in [9.17, 15) is 0 Å². The van der Waals surface area contributed by atoms with Crippen molar-refractivity contribution < 1.29 is 0 Å². The first-order valence-electron chi connectivity index (χ1n) is 5.22. The average Bonchev–Trinajstić information content (AvgIpc) is 2.70. The van der Waals surface area contributed by atoms with Crippen molar-refractivity contribution in [3.8, 4) is 0 Å². The Bertz CT molecular complexity index is 275. The third-order valence-corrected chi connectivity index (χ3v) is 4.00. The van der Waals surface area contributed by atoms with Gasteiger partial charge in [0, 0.05) is 17.5 Å². The summed E-state index contributed by atoms with van der Waals surface area (Å²) in [6.07, 6.45) is 1.33. The van der Waals surface area contributed by atoms with Crippen molar-refractivity contribution in [1.82, 2.24) is 5.32 Å². The van der Waals surface area contributed by atoms with Gasteiger partial charge in [0.15, 0.2) is 0 Å². The topological polar surface area (TPSA) is 12.0 Å². The summed E-state index contributed by atoms with van der Waals surface area (Å²) in [5, 5.41) is 4.23. The number of thioether (sulfide) groups is 1. The molecular formula is C12H17NS. The van der Waals surface area contributed by atoms with Gasteiger partial charge in [0.1, 0.15) is 0 Å². The van der Waals surface area contributed by atoms with Crippen LogP contribution in [-0.2, 0) is 5.75 Å². The Balaban J connectivity index is 1.82. The van der Waals surface area contributed by atoms with Gasteiger partial charge in [-0.2, -0.15) is 11.8 Å². The molecule has 1 fully saturated rings. The van der Waals surface area contributed by atoms with E-state index in [1.807, 2.05) is 0 Å². The molecule has 1 aromatic rings. The van der Waals surface area contributed by atoms with E-state index < -0.39 is 0 Å². The molecule has 0 radical (unpaired) electrons. The summed E-state index contributed by atoms with van der Waals surface area (Å²) in [5.74, 6) is 1.16. The predicted octanol–water partition coefficient (Wildman–Crippen LogP) is 2.59. The SMILES string of the molecule is Cc1ccc(CSC2CCNC2)cc1. The van der Waals surface area contributed by atoms with Gasteiger partial charge in [-0.15, -0.1) is 0 Å². The second-order valence-corrected chi connectivity index (χ2v) is 5.20. The molecule has 2 rings (SSSR count).